The summed E-state index contributed by atoms with van der Waals surface area (Å²) in [7, 11) is 1.36. The van der Waals surface area contributed by atoms with Crippen molar-refractivity contribution in [2.45, 2.75) is 0 Å². The van der Waals surface area contributed by atoms with Gasteiger partial charge in [-0.25, -0.2) is 0 Å². The Kier molecular flexibility index (Phi) is 2.23. The van der Waals surface area contributed by atoms with Gasteiger partial charge in [0, 0.05) is 13.1 Å². The number of hydrogen-bond acceptors (Lipinski definition) is 4. The highest BCUT2D eigenvalue weighted by molar-refractivity contribution is 5.92. The van der Waals surface area contributed by atoms with Gasteiger partial charge in [0.05, 0.1) is 6.20 Å². The molecule has 1 heterocycles. The number of rotatable bonds is 1. The Labute approximate surface area is 73.0 Å². The molecule has 0 saturated heterocycles. The number of pyridine rings is 1. The van der Waals surface area contributed by atoms with Gasteiger partial charge in [0.15, 0.2) is 5.75 Å². The van der Waals surface area contributed by atoms with Crippen LogP contribution in [0.2, 0.25) is 0 Å². The summed E-state index contributed by atoms with van der Waals surface area (Å²) in [6.45, 7) is 0. The van der Waals surface area contributed by atoms with Gasteiger partial charge in [0.25, 0.3) is 5.91 Å². The highest BCUT2D eigenvalue weighted by Gasteiger charge is 2.10. The van der Waals surface area contributed by atoms with Gasteiger partial charge in [-0.05, 0) is 0 Å². The Hall–Kier alpha value is -1.98. The van der Waals surface area contributed by atoms with Gasteiger partial charge in [0.1, 0.15) is 5.69 Å². The summed E-state index contributed by atoms with van der Waals surface area (Å²) in [6.07, 6.45) is 0.757. The fourth-order valence-corrected chi connectivity index (χ4v) is 0.811. The first-order valence-electron chi connectivity index (χ1n) is 3.43. The molecule has 6 nitrogen and oxygen atoms in total. The molecular weight excluding hydrogens is 176 g/mol. The quantitative estimate of drug-likeness (QED) is 0.496. The van der Waals surface area contributed by atoms with Gasteiger partial charge in [-0.2, -0.15) is 4.73 Å². The Balaban J connectivity index is 3.32. The maximum absolute atomic E-state index is 11.0. The Bertz CT molecular complexity index is 396. The van der Waals surface area contributed by atoms with E-state index in [0.29, 0.717) is 4.73 Å². The molecule has 0 atom stereocenters. The zero-order chi connectivity index (χ0) is 10.0. The van der Waals surface area contributed by atoms with Crippen LogP contribution in [-0.2, 0) is 0 Å². The van der Waals surface area contributed by atoms with Gasteiger partial charge < -0.3 is 15.6 Å². The first-order chi connectivity index (χ1) is 6.06. The molecule has 0 unspecified atom stereocenters. The van der Waals surface area contributed by atoms with Crippen molar-refractivity contribution >= 4 is 5.91 Å². The second kappa shape index (κ2) is 3.18. The van der Waals surface area contributed by atoms with E-state index in [9.17, 15) is 9.59 Å². The van der Waals surface area contributed by atoms with Crippen LogP contribution in [0.25, 0.3) is 0 Å². The second-order valence-electron chi connectivity index (χ2n) is 2.33. The number of carbonyl (C=O) groups excluding carboxylic acids is 1. The molecule has 0 saturated carbocycles. The number of nitrogens with zero attached hydrogens (tertiary/aromatic N) is 1. The van der Waals surface area contributed by atoms with Crippen LogP contribution >= 0.6 is 0 Å². The summed E-state index contributed by atoms with van der Waals surface area (Å²) < 4.78 is 0.384. The number of aromatic hydroxyl groups is 1. The van der Waals surface area contributed by atoms with Crippen molar-refractivity contribution in [3.63, 3.8) is 0 Å². The predicted octanol–water partition coefficient (Wildman–Crippen LogP) is -0.849. The number of hydrogen-bond donors (Lipinski definition) is 3. The Morgan fingerprint density at radius 1 is 1.62 bits per heavy atom. The molecule has 0 radical (unpaired) electrons. The summed E-state index contributed by atoms with van der Waals surface area (Å²) in [6, 6.07) is 0.841. The normalized spacial score (nSPS) is 9.62. The highest BCUT2D eigenvalue weighted by atomic mass is 16.5. The molecule has 1 aromatic heterocycles. The van der Waals surface area contributed by atoms with Gasteiger partial charge in [-0.3, -0.25) is 9.59 Å². The van der Waals surface area contributed by atoms with Crippen LogP contribution in [0.15, 0.2) is 17.1 Å². The summed E-state index contributed by atoms with van der Waals surface area (Å²) >= 11 is 0. The maximum atomic E-state index is 11.0. The third-order valence-electron chi connectivity index (χ3n) is 1.47. The van der Waals surface area contributed by atoms with Gasteiger partial charge >= 0.3 is 0 Å². The van der Waals surface area contributed by atoms with Crippen molar-refractivity contribution in [3.05, 3.63) is 28.2 Å². The van der Waals surface area contributed by atoms with Crippen molar-refractivity contribution in [3.8, 4) is 5.75 Å². The third kappa shape index (κ3) is 1.61. The number of amides is 1. The van der Waals surface area contributed by atoms with Crippen LogP contribution in [0, 0.1) is 0 Å². The van der Waals surface area contributed by atoms with E-state index in [4.69, 9.17) is 10.3 Å². The fraction of sp³-hybridized carbons (Fsp3) is 0.143. The molecule has 6 heteroatoms. The third-order valence-corrected chi connectivity index (χ3v) is 1.47. The standard InChI is InChI=1S/C7H8N2O4/c1-8-7(12)4-2-5(10)6(11)3-9(4)13/h2-3,11,13H,1H3,(H,8,12). The molecule has 0 spiro atoms. The van der Waals surface area contributed by atoms with Gasteiger partial charge in [0.2, 0.25) is 5.43 Å². The van der Waals surface area contributed by atoms with Crippen LogP contribution in [-0.4, -0.2) is 28.0 Å². The van der Waals surface area contributed by atoms with Crippen LogP contribution in [0.5, 0.6) is 5.75 Å². The number of aromatic nitrogens is 1. The minimum atomic E-state index is -0.719. The van der Waals surface area contributed by atoms with Crippen molar-refractivity contribution in [2.75, 3.05) is 7.05 Å². The van der Waals surface area contributed by atoms with E-state index in [1.807, 2.05) is 0 Å². The van der Waals surface area contributed by atoms with Crippen LogP contribution in [0.3, 0.4) is 0 Å². The van der Waals surface area contributed by atoms with E-state index in [-0.39, 0.29) is 5.69 Å². The first-order valence-corrected chi connectivity index (χ1v) is 3.43. The molecule has 70 valence electrons. The number of nitrogens with one attached hydrogen (secondary N) is 1. The van der Waals surface area contributed by atoms with Crippen molar-refractivity contribution < 1.29 is 15.1 Å². The lowest BCUT2D eigenvalue weighted by atomic mass is 10.3. The first kappa shape index (κ1) is 9.11. The van der Waals surface area contributed by atoms with Crippen molar-refractivity contribution in [2.24, 2.45) is 0 Å². The second-order valence-corrected chi connectivity index (χ2v) is 2.33. The minimum absolute atomic E-state index is 0.231. The van der Waals surface area contributed by atoms with Crippen molar-refractivity contribution in [1.29, 1.82) is 0 Å². The largest absolute Gasteiger partial charge is 0.503 e. The van der Waals surface area contributed by atoms with E-state index in [1.165, 1.54) is 7.05 Å². The van der Waals surface area contributed by atoms with Crippen LogP contribution in [0.4, 0.5) is 0 Å². The number of carbonyl (C=O) groups is 1. The monoisotopic (exact) mass is 184 g/mol. The zero-order valence-corrected chi connectivity index (χ0v) is 6.81. The van der Waals surface area contributed by atoms with Crippen LogP contribution < -0.4 is 10.7 Å². The Morgan fingerprint density at radius 2 is 2.23 bits per heavy atom. The summed E-state index contributed by atoms with van der Waals surface area (Å²) in [5.74, 6) is -1.23. The average Bonchev–Trinajstić information content (AvgIpc) is 2.10. The fourth-order valence-electron chi connectivity index (χ4n) is 0.811. The van der Waals surface area contributed by atoms with E-state index in [0.717, 1.165) is 12.3 Å². The maximum Gasteiger partial charge on any atom is 0.271 e. The summed E-state index contributed by atoms with van der Waals surface area (Å²) in [5.41, 5.74) is -0.950. The molecule has 3 N–H and O–H groups in total. The lowest BCUT2D eigenvalue weighted by Gasteiger charge is -2.04. The molecule has 1 rings (SSSR count). The van der Waals surface area contributed by atoms with E-state index >= 15 is 0 Å². The SMILES string of the molecule is CNC(=O)c1cc(=O)c(O)cn1O. The molecule has 13 heavy (non-hydrogen) atoms. The molecule has 0 bridgehead atoms. The summed E-state index contributed by atoms with van der Waals surface area (Å²) in [4.78, 5) is 21.8. The lowest BCUT2D eigenvalue weighted by Crippen LogP contribution is -2.24. The van der Waals surface area contributed by atoms with Gasteiger partial charge in [-0.15, -0.1) is 0 Å². The molecule has 1 amide bonds. The van der Waals surface area contributed by atoms with E-state index in [2.05, 4.69) is 5.32 Å². The molecule has 0 aliphatic carbocycles. The Morgan fingerprint density at radius 3 is 2.77 bits per heavy atom. The van der Waals surface area contributed by atoms with Gasteiger partial charge in [-0.1, -0.05) is 0 Å². The predicted molar refractivity (Wildman–Crippen MR) is 42.9 cm³/mol. The van der Waals surface area contributed by atoms with E-state index in [1.54, 1.807) is 0 Å². The molecular formula is C7H8N2O4. The highest BCUT2D eigenvalue weighted by Crippen LogP contribution is 2.01. The van der Waals surface area contributed by atoms with Crippen LogP contribution in [0.1, 0.15) is 10.5 Å². The zero-order valence-electron chi connectivity index (χ0n) is 6.81. The molecule has 0 aliphatic rings. The van der Waals surface area contributed by atoms with Crippen molar-refractivity contribution in [1.82, 2.24) is 10.0 Å². The molecule has 1 aromatic rings. The minimum Gasteiger partial charge on any atom is -0.503 e. The average molecular weight is 184 g/mol. The van der Waals surface area contributed by atoms with E-state index < -0.39 is 17.1 Å². The molecule has 0 fully saturated rings. The molecule has 0 aliphatic heterocycles. The molecule has 0 aromatic carbocycles. The smallest absolute Gasteiger partial charge is 0.271 e. The lowest BCUT2D eigenvalue weighted by molar-refractivity contribution is 0.0906. The topological polar surface area (TPSA) is 91.6 Å². The summed E-state index contributed by atoms with van der Waals surface area (Å²) in [5, 5.41) is 20.2.